The molecule has 28 heavy (non-hydrogen) atoms. The van der Waals surface area contributed by atoms with E-state index in [1.54, 1.807) is 0 Å². The second kappa shape index (κ2) is 6.42. The van der Waals surface area contributed by atoms with Crippen LogP contribution in [0.4, 0.5) is 0 Å². The Morgan fingerprint density at radius 3 is 2.71 bits per heavy atom. The number of aromatic nitrogens is 4. The lowest BCUT2D eigenvalue weighted by Gasteiger charge is -2.08. The van der Waals surface area contributed by atoms with Crippen molar-refractivity contribution in [2.75, 3.05) is 0 Å². The van der Waals surface area contributed by atoms with Crippen molar-refractivity contribution in [3.05, 3.63) is 88.3 Å². The van der Waals surface area contributed by atoms with Crippen molar-refractivity contribution in [1.29, 1.82) is 0 Å². The first-order valence-electron chi connectivity index (χ1n) is 8.97. The van der Waals surface area contributed by atoms with E-state index in [0.717, 1.165) is 32.8 Å². The second-order valence-electron chi connectivity index (χ2n) is 6.71. The zero-order valence-corrected chi connectivity index (χ0v) is 15.2. The monoisotopic (exact) mass is 368 g/mol. The first kappa shape index (κ1) is 16.4. The summed E-state index contributed by atoms with van der Waals surface area (Å²) in [5, 5.41) is 15.9. The second-order valence-corrected chi connectivity index (χ2v) is 6.71. The third-order valence-corrected chi connectivity index (χ3v) is 4.87. The molecule has 0 bridgehead atoms. The highest BCUT2D eigenvalue weighted by molar-refractivity contribution is 6.07. The molecule has 0 aliphatic carbocycles. The summed E-state index contributed by atoms with van der Waals surface area (Å²) in [5.41, 5.74) is 2.99. The molecule has 5 aromatic rings. The van der Waals surface area contributed by atoms with Crippen molar-refractivity contribution in [2.24, 2.45) is 0 Å². The Morgan fingerprint density at radius 1 is 1.00 bits per heavy atom. The third-order valence-electron chi connectivity index (χ3n) is 4.87. The molecule has 2 heterocycles. The summed E-state index contributed by atoms with van der Waals surface area (Å²) < 4.78 is 5.42. The summed E-state index contributed by atoms with van der Waals surface area (Å²) in [6.07, 6.45) is 0. The lowest BCUT2D eigenvalue weighted by Crippen LogP contribution is -2.08. The van der Waals surface area contributed by atoms with Gasteiger partial charge in [0.05, 0.1) is 6.54 Å². The number of nitrogens with zero attached hydrogens (tertiary/aromatic N) is 4. The van der Waals surface area contributed by atoms with Gasteiger partial charge in [-0.25, -0.2) is 4.79 Å². The van der Waals surface area contributed by atoms with Crippen molar-refractivity contribution >= 4 is 21.7 Å². The maximum Gasteiger partial charge on any atom is 0.336 e. The van der Waals surface area contributed by atoms with Gasteiger partial charge in [0.15, 0.2) is 0 Å². The van der Waals surface area contributed by atoms with Gasteiger partial charge in [-0.1, -0.05) is 54.6 Å². The molecule has 6 nitrogen and oxygen atoms in total. The molecule has 0 unspecified atom stereocenters. The highest BCUT2D eigenvalue weighted by atomic mass is 16.4. The topological polar surface area (TPSA) is 73.8 Å². The molecule has 0 saturated carbocycles. The normalized spacial score (nSPS) is 11.3. The van der Waals surface area contributed by atoms with Crippen molar-refractivity contribution in [2.45, 2.75) is 13.5 Å². The molecule has 3 aromatic carbocycles. The molecule has 136 valence electrons. The number of benzene rings is 3. The Kier molecular flexibility index (Phi) is 3.76. The maximum atomic E-state index is 12.1. The van der Waals surface area contributed by atoms with Gasteiger partial charge in [0.25, 0.3) is 0 Å². The fourth-order valence-corrected chi connectivity index (χ4v) is 3.54. The molecule has 0 N–H and O–H groups in total. The lowest BCUT2D eigenvalue weighted by molar-refractivity contribution is 0.546. The molecule has 6 heteroatoms. The molecule has 0 fully saturated rings. The molecule has 0 saturated heterocycles. The average molecular weight is 368 g/mol. The van der Waals surface area contributed by atoms with Crippen molar-refractivity contribution in [1.82, 2.24) is 20.2 Å². The first-order valence-corrected chi connectivity index (χ1v) is 8.97. The van der Waals surface area contributed by atoms with Crippen LogP contribution in [0.15, 0.2) is 75.9 Å². The van der Waals surface area contributed by atoms with Crippen LogP contribution in [0.3, 0.4) is 0 Å². The first-order chi connectivity index (χ1) is 13.7. The van der Waals surface area contributed by atoms with Gasteiger partial charge < -0.3 is 4.42 Å². The summed E-state index contributed by atoms with van der Waals surface area (Å²) in [4.78, 5) is 13.6. The van der Waals surface area contributed by atoms with Crippen LogP contribution in [0.2, 0.25) is 0 Å². The average Bonchev–Trinajstić information content (AvgIpc) is 3.16. The fourth-order valence-electron chi connectivity index (χ4n) is 3.54. The van der Waals surface area contributed by atoms with Crippen LogP contribution in [-0.2, 0) is 6.54 Å². The van der Waals surface area contributed by atoms with Crippen LogP contribution in [0.1, 0.15) is 11.1 Å². The molecule has 2 aromatic heterocycles. The Morgan fingerprint density at radius 2 is 1.82 bits per heavy atom. The molecule has 0 amide bonds. The van der Waals surface area contributed by atoms with E-state index in [0.29, 0.717) is 18.0 Å². The number of tetrazole rings is 1. The van der Waals surface area contributed by atoms with Crippen LogP contribution in [0.25, 0.3) is 33.1 Å². The third kappa shape index (κ3) is 2.75. The summed E-state index contributed by atoms with van der Waals surface area (Å²) >= 11 is 0. The van der Waals surface area contributed by atoms with E-state index in [1.807, 2.05) is 67.6 Å². The quantitative estimate of drug-likeness (QED) is 0.356. The summed E-state index contributed by atoms with van der Waals surface area (Å²) in [6.45, 7) is 2.34. The Bertz CT molecular complexity index is 1380. The van der Waals surface area contributed by atoms with Crippen molar-refractivity contribution in [3.63, 3.8) is 0 Å². The predicted octanol–water partition coefficient (Wildman–Crippen LogP) is 3.96. The maximum absolute atomic E-state index is 12.1. The van der Waals surface area contributed by atoms with Gasteiger partial charge in [-0.05, 0) is 40.1 Å². The van der Waals surface area contributed by atoms with Crippen LogP contribution in [-0.4, -0.2) is 20.2 Å². The highest BCUT2D eigenvalue weighted by Crippen LogP contribution is 2.27. The van der Waals surface area contributed by atoms with E-state index < -0.39 is 5.63 Å². The van der Waals surface area contributed by atoms with Gasteiger partial charge in [0, 0.05) is 17.0 Å². The standard InChI is InChI=1S/C22H16N4O2/c1-14-6-2-4-8-17(14)22-23-25-26(24-22)13-16-12-20(27)28-19-11-10-15-7-3-5-9-18(15)21(16)19/h2-12H,13H2,1H3. The van der Waals surface area contributed by atoms with E-state index in [9.17, 15) is 4.79 Å². The smallest absolute Gasteiger partial charge is 0.336 e. The Labute approximate surface area is 160 Å². The predicted molar refractivity (Wildman–Crippen MR) is 107 cm³/mol. The number of fused-ring (bicyclic) bond motifs is 3. The minimum absolute atomic E-state index is 0.328. The summed E-state index contributed by atoms with van der Waals surface area (Å²) in [7, 11) is 0. The molecule has 0 atom stereocenters. The van der Waals surface area contributed by atoms with Gasteiger partial charge in [-0.3, -0.25) is 0 Å². The van der Waals surface area contributed by atoms with Gasteiger partial charge >= 0.3 is 5.63 Å². The van der Waals surface area contributed by atoms with Crippen LogP contribution >= 0.6 is 0 Å². The molecule has 0 spiro atoms. The lowest BCUT2D eigenvalue weighted by atomic mass is 10.0. The number of hydrogen-bond donors (Lipinski definition) is 0. The fraction of sp³-hybridized carbons (Fsp3) is 0.0909. The van der Waals surface area contributed by atoms with Gasteiger partial charge in [-0.15, -0.1) is 10.2 Å². The van der Waals surface area contributed by atoms with Gasteiger partial charge in [0.1, 0.15) is 5.58 Å². The van der Waals surface area contributed by atoms with Crippen LogP contribution in [0.5, 0.6) is 0 Å². The summed E-state index contributed by atoms with van der Waals surface area (Å²) in [6, 6.07) is 21.2. The SMILES string of the molecule is Cc1ccccc1-c1nnn(Cc2cc(=O)oc3ccc4ccccc4c23)n1. The number of aryl methyl sites for hydroxylation is 1. The van der Waals surface area contributed by atoms with Crippen LogP contribution < -0.4 is 5.63 Å². The number of hydrogen-bond acceptors (Lipinski definition) is 5. The molecular formula is C22H16N4O2. The largest absolute Gasteiger partial charge is 0.423 e. The highest BCUT2D eigenvalue weighted by Gasteiger charge is 2.13. The molecule has 5 rings (SSSR count). The Hall–Kier alpha value is -3.80. The molecular weight excluding hydrogens is 352 g/mol. The van der Waals surface area contributed by atoms with E-state index in [-0.39, 0.29) is 0 Å². The van der Waals surface area contributed by atoms with Gasteiger partial charge in [-0.2, -0.15) is 4.80 Å². The Balaban J connectivity index is 1.64. The molecule has 0 radical (unpaired) electrons. The molecule has 0 aliphatic rings. The molecule has 0 aliphatic heterocycles. The summed E-state index contributed by atoms with van der Waals surface area (Å²) in [5.74, 6) is 0.565. The number of rotatable bonds is 3. The minimum Gasteiger partial charge on any atom is -0.423 e. The van der Waals surface area contributed by atoms with Crippen LogP contribution in [0, 0.1) is 6.92 Å². The zero-order chi connectivity index (χ0) is 19.1. The minimum atomic E-state index is -0.392. The van der Waals surface area contributed by atoms with E-state index in [1.165, 1.54) is 10.9 Å². The zero-order valence-electron chi connectivity index (χ0n) is 15.2. The van der Waals surface area contributed by atoms with E-state index in [2.05, 4.69) is 15.4 Å². The van der Waals surface area contributed by atoms with E-state index >= 15 is 0 Å². The van der Waals surface area contributed by atoms with Crippen molar-refractivity contribution < 1.29 is 4.42 Å². The van der Waals surface area contributed by atoms with Crippen molar-refractivity contribution in [3.8, 4) is 11.4 Å². The van der Waals surface area contributed by atoms with Gasteiger partial charge in [0.2, 0.25) is 5.82 Å². The van der Waals surface area contributed by atoms with E-state index in [4.69, 9.17) is 4.42 Å².